The molecule has 1 aliphatic rings. The summed E-state index contributed by atoms with van der Waals surface area (Å²) in [5.74, 6) is 0. The van der Waals surface area contributed by atoms with Crippen molar-refractivity contribution in [2.24, 2.45) is 0 Å². The molecule has 1 saturated carbocycles. The van der Waals surface area contributed by atoms with Crippen molar-refractivity contribution < 1.29 is 0 Å². The van der Waals surface area contributed by atoms with Gasteiger partial charge in [0.15, 0.2) is 0 Å². The summed E-state index contributed by atoms with van der Waals surface area (Å²) < 4.78 is 2.56. The van der Waals surface area contributed by atoms with Crippen molar-refractivity contribution in [2.45, 2.75) is 24.1 Å². The van der Waals surface area contributed by atoms with Gasteiger partial charge in [-0.2, -0.15) is 11.8 Å². The molecule has 1 aliphatic carbocycles. The van der Waals surface area contributed by atoms with Crippen LogP contribution in [0.2, 0.25) is 0 Å². The van der Waals surface area contributed by atoms with Crippen LogP contribution in [0.25, 0.3) is 5.69 Å². The monoisotopic (exact) mass is 273 g/mol. The van der Waals surface area contributed by atoms with Crippen LogP contribution >= 0.6 is 11.8 Å². The Kier molecular flexibility index (Phi) is 3.62. The van der Waals surface area contributed by atoms with Gasteiger partial charge in [0, 0.05) is 35.9 Å². The standard InChI is InChI=1S/C15H19N3S/c1-19-15(6-7-15)11-17-10-13-2-4-14(5-3-13)18-9-8-16-12-18/h2-5,8-9,12,17H,6-7,10-11H2,1H3. The Morgan fingerprint density at radius 2 is 2.11 bits per heavy atom. The lowest BCUT2D eigenvalue weighted by atomic mass is 10.2. The summed E-state index contributed by atoms with van der Waals surface area (Å²) in [6.07, 6.45) is 10.5. The molecule has 0 amide bonds. The Hall–Kier alpha value is -1.26. The third-order valence-corrected chi connectivity index (χ3v) is 5.17. The fourth-order valence-corrected chi connectivity index (χ4v) is 2.98. The average Bonchev–Trinajstić information content (AvgIpc) is 3.02. The molecule has 3 nitrogen and oxygen atoms in total. The number of imidazole rings is 1. The second kappa shape index (κ2) is 5.39. The average molecular weight is 273 g/mol. The summed E-state index contributed by atoms with van der Waals surface area (Å²) in [5, 5.41) is 3.57. The van der Waals surface area contributed by atoms with E-state index in [2.05, 4.69) is 40.8 Å². The maximum absolute atomic E-state index is 4.06. The van der Waals surface area contributed by atoms with Gasteiger partial charge in [0.25, 0.3) is 0 Å². The zero-order valence-electron chi connectivity index (χ0n) is 11.2. The number of nitrogens with zero attached hydrogens (tertiary/aromatic N) is 2. The largest absolute Gasteiger partial charge is 0.311 e. The van der Waals surface area contributed by atoms with E-state index in [0.717, 1.165) is 18.8 Å². The molecule has 4 heteroatoms. The van der Waals surface area contributed by atoms with Gasteiger partial charge in [-0.25, -0.2) is 4.98 Å². The zero-order valence-corrected chi connectivity index (χ0v) is 12.0. The smallest absolute Gasteiger partial charge is 0.0991 e. The Bertz CT molecular complexity index is 515. The van der Waals surface area contributed by atoms with Crippen LogP contribution < -0.4 is 5.32 Å². The number of benzene rings is 1. The predicted molar refractivity (Wildman–Crippen MR) is 80.8 cm³/mol. The lowest BCUT2D eigenvalue weighted by Crippen LogP contribution is -2.25. The number of aromatic nitrogens is 2. The van der Waals surface area contributed by atoms with E-state index in [1.807, 2.05) is 28.9 Å². The van der Waals surface area contributed by atoms with Gasteiger partial charge < -0.3 is 9.88 Å². The molecular formula is C15H19N3S. The fourth-order valence-electron chi connectivity index (χ4n) is 2.22. The molecule has 0 spiro atoms. The molecule has 0 aliphatic heterocycles. The first-order valence-electron chi connectivity index (χ1n) is 6.64. The van der Waals surface area contributed by atoms with Crippen LogP contribution in [0.1, 0.15) is 18.4 Å². The molecule has 19 heavy (non-hydrogen) atoms. The van der Waals surface area contributed by atoms with Crippen LogP contribution in [0.5, 0.6) is 0 Å². The van der Waals surface area contributed by atoms with Crippen molar-refractivity contribution >= 4 is 11.8 Å². The summed E-state index contributed by atoms with van der Waals surface area (Å²) in [6.45, 7) is 2.07. The van der Waals surface area contributed by atoms with Gasteiger partial charge in [-0.05, 0) is 36.8 Å². The first kappa shape index (κ1) is 12.8. The SMILES string of the molecule is CSC1(CNCc2ccc(-n3ccnc3)cc2)CC1. The third kappa shape index (κ3) is 3.01. The van der Waals surface area contributed by atoms with E-state index in [-0.39, 0.29) is 0 Å². The van der Waals surface area contributed by atoms with E-state index >= 15 is 0 Å². The van der Waals surface area contributed by atoms with Crippen molar-refractivity contribution in [1.82, 2.24) is 14.9 Å². The second-order valence-corrected chi connectivity index (χ2v) is 6.40. The number of hydrogen-bond donors (Lipinski definition) is 1. The zero-order chi connectivity index (χ0) is 13.1. The summed E-state index contributed by atoms with van der Waals surface area (Å²) in [4.78, 5) is 4.06. The van der Waals surface area contributed by atoms with E-state index in [1.165, 1.54) is 18.4 Å². The molecule has 1 fully saturated rings. The minimum absolute atomic E-state index is 0.538. The molecule has 100 valence electrons. The van der Waals surface area contributed by atoms with Gasteiger partial charge in [-0.15, -0.1) is 0 Å². The van der Waals surface area contributed by atoms with Gasteiger partial charge in [0.05, 0.1) is 6.33 Å². The van der Waals surface area contributed by atoms with Crippen molar-refractivity contribution in [1.29, 1.82) is 0 Å². The summed E-state index contributed by atoms with van der Waals surface area (Å²) in [5.41, 5.74) is 2.49. The van der Waals surface area contributed by atoms with Crippen molar-refractivity contribution in [3.63, 3.8) is 0 Å². The summed E-state index contributed by atoms with van der Waals surface area (Å²) in [7, 11) is 0. The molecule has 1 aromatic carbocycles. The Morgan fingerprint density at radius 1 is 1.32 bits per heavy atom. The van der Waals surface area contributed by atoms with Crippen LogP contribution in [-0.2, 0) is 6.54 Å². The highest BCUT2D eigenvalue weighted by Gasteiger charge is 2.41. The fraction of sp³-hybridized carbons (Fsp3) is 0.400. The summed E-state index contributed by atoms with van der Waals surface area (Å²) in [6, 6.07) is 8.64. The Labute approximate surface area is 118 Å². The van der Waals surface area contributed by atoms with E-state index in [0.29, 0.717) is 4.75 Å². The number of rotatable bonds is 6. The van der Waals surface area contributed by atoms with Gasteiger partial charge in [0.1, 0.15) is 0 Å². The molecule has 2 aromatic rings. The molecule has 0 saturated heterocycles. The molecule has 3 rings (SSSR count). The van der Waals surface area contributed by atoms with Crippen LogP contribution in [0, 0.1) is 0 Å². The highest BCUT2D eigenvalue weighted by Crippen LogP contribution is 2.46. The van der Waals surface area contributed by atoms with E-state index in [1.54, 1.807) is 6.20 Å². The highest BCUT2D eigenvalue weighted by atomic mass is 32.2. The Balaban J connectivity index is 1.54. The second-order valence-electron chi connectivity index (χ2n) is 5.13. The molecule has 1 N–H and O–H groups in total. The molecular weight excluding hydrogens is 254 g/mol. The van der Waals surface area contributed by atoms with Crippen molar-refractivity contribution in [2.75, 3.05) is 12.8 Å². The maximum atomic E-state index is 4.06. The normalized spacial score (nSPS) is 16.5. The molecule has 0 bridgehead atoms. The van der Waals surface area contributed by atoms with Crippen LogP contribution in [0.15, 0.2) is 43.0 Å². The van der Waals surface area contributed by atoms with E-state index < -0.39 is 0 Å². The molecule has 1 aromatic heterocycles. The van der Waals surface area contributed by atoms with Gasteiger partial charge >= 0.3 is 0 Å². The quantitative estimate of drug-likeness (QED) is 0.877. The molecule has 0 radical (unpaired) electrons. The lowest BCUT2D eigenvalue weighted by Gasteiger charge is -2.13. The predicted octanol–water partition coefficient (Wildman–Crippen LogP) is 2.86. The summed E-state index contributed by atoms with van der Waals surface area (Å²) >= 11 is 2.00. The van der Waals surface area contributed by atoms with Crippen molar-refractivity contribution in [3.8, 4) is 5.69 Å². The first-order chi connectivity index (χ1) is 9.31. The third-order valence-electron chi connectivity index (χ3n) is 3.76. The van der Waals surface area contributed by atoms with Gasteiger partial charge in [-0.3, -0.25) is 0 Å². The topological polar surface area (TPSA) is 29.9 Å². The minimum Gasteiger partial charge on any atom is -0.311 e. The first-order valence-corrected chi connectivity index (χ1v) is 7.87. The lowest BCUT2D eigenvalue weighted by molar-refractivity contribution is 0.663. The number of hydrogen-bond acceptors (Lipinski definition) is 3. The highest BCUT2D eigenvalue weighted by molar-refractivity contribution is 8.00. The molecule has 0 atom stereocenters. The van der Waals surface area contributed by atoms with E-state index in [9.17, 15) is 0 Å². The Morgan fingerprint density at radius 3 is 2.68 bits per heavy atom. The van der Waals surface area contributed by atoms with Crippen LogP contribution in [0.3, 0.4) is 0 Å². The molecule has 1 heterocycles. The maximum Gasteiger partial charge on any atom is 0.0991 e. The number of nitrogens with one attached hydrogen (secondary N) is 1. The van der Waals surface area contributed by atoms with E-state index in [4.69, 9.17) is 0 Å². The van der Waals surface area contributed by atoms with Gasteiger partial charge in [-0.1, -0.05) is 12.1 Å². The minimum atomic E-state index is 0.538. The number of thioether (sulfide) groups is 1. The van der Waals surface area contributed by atoms with Crippen molar-refractivity contribution in [3.05, 3.63) is 48.5 Å². The van der Waals surface area contributed by atoms with Crippen LogP contribution in [0.4, 0.5) is 0 Å². The van der Waals surface area contributed by atoms with Crippen LogP contribution in [-0.4, -0.2) is 27.1 Å². The molecule has 0 unspecified atom stereocenters. The van der Waals surface area contributed by atoms with Gasteiger partial charge in [0.2, 0.25) is 0 Å².